The second kappa shape index (κ2) is 4.06. The number of rotatable bonds is 4. The summed E-state index contributed by atoms with van der Waals surface area (Å²) in [7, 11) is 0. The minimum absolute atomic E-state index is 0.167. The SMILES string of the molecule is C=CC(C)C(C)ON=O. The van der Waals surface area contributed by atoms with E-state index in [0.29, 0.717) is 0 Å². The highest BCUT2D eigenvalue weighted by atomic mass is 16.7. The van der Waals surface area contributed by atoms with Crippen LogP contribution in [0.4, 0.5) is 0 Å². The van der Waals surface area contributed by atoms with Crippen LogP contribution in [0, 0.1) is 10.8 Å². The van der Waals surface area contributed by atoms with Crippen LogP contribution in [0.25, 0.3) is 0 Å². The topological polar surface area (TPSA) is 38.7 Å². The van der Waals surface area contributed by atoms with E-state index in [1.54, 1.807) is 13.0 Å². The Morgan fingerprint density at radius 2 is 2.22 bits per heavy atom. The van der Waals surface area contributed by atoms with Gasteiger partial charge in [-0.1, -0.05) is 13.0 Å². The first-order valence-electron chi connectivity index (χ1n) is 2.83. The number of nitrogens with zero attached hydrogens (tertiary/aromatic N) is 1. The molecule has 0 bridgehead atoms. The average molecular weight is 129 g/mol. The molecule has 0 saturated carbocycles. The Morgan fingerprint density at radius 3 is 2.56 bits per heavy atom. The van der Waals surface area contributed by atoms with E-state index in [-0.39, 0.29) is 12.0 Å². The molecule has 0 aliphatic rings. The third kappa shape index (κ3) is 2.85. The molecule has 0 spiro atoms. The van der Waals surface area contributed by atoms with Gasteiger partial charge in [-0.25, -0.2) is 0 Å². The molecule has 2 atom stereocenters. The third-order valence-corrected chi connectivity index (χ3v) is 1.32. The first-order valence-corrected chi connectivity index (χ1v) is 2.83. The van der Waals surface area contributed by atoms with Crippen LogP contribution < -0.4 is 0 Å². The minimum atomic E-state index is -0.167. The van der Waals surface area contributed by atoms with Gasteiger partial charge in [-0.05, 0) is 6.92 Å². The van der Waals surface area contributed by atoms with Gasteiger partial charge in [-0.3, -0.25) is 0 Å². The fraction of sp³-hybridized carbons (Fsp3) is 0.667. The van der Waals surface area contributed by atoms with Crippen LogP contribution in [0.1, 0.15) is 13.8 Å². The zero-order valence-electron chi connectivity index (χ0n) is 5.70. The van der Waals surface area contributed by atoms with Gasteiger partial charge in [-0.15, -0.1) is 11.5 Å². The van der Waals surface area contributed by atoms with E-state index in [9.17, 15) is 4.91 Å². The summed E-state index contributed by atoms with van der Waals surface area (Å²) in [5.41, 5.74) is 0. The Kier molecular flexibility index (Phi) is 3.67. The van der Waals surface area contributed by atoms with Gasteiger partial charge < -0.3 is 4.84 Å². The molecular formula is C6H11NO2. The van der Waals surface area contributed by atoms with E-state index in [1.807, 2.05) is 6.92 Å². The fourth-order valence-corrected chi connectivity index (χ4v) is 0.356. The molecule has 0 aromatic heterocycles. The molecule has 0 aromatic carbocycles. The quantitative estimate of drug-likeness (QED) is 0.330. The third-order valence-electron chi connectivity index (χ3n) is 1.32. The van der Waals surface area contributed by atoms with Crippen LogP contribution in [0.3, 0.4) is 0 Å². The van der Waals surface area contributed by atoms with Gasteiger partial charge in [0.15, 0.2) is 5.34 Å². The summed E-state index contributed by atoms with van der Waals surface area (Å²) in [4.78, 5) is 13.9. The van der Waals surface area contributed by atoms with Gasteiger partial charge in [0.25, 0.3) is 0 Å². The molecule has 0 rings (SSSR count). The molecule has 2 unspecified atom stereocenters. The van der Waals surface area contributed by atoms with Crippen molar-refractivity contribution >= 4 is 0 Å². The van der Waals surface area contributed by atoms with Crippen LogP contribution >= 0.6 is 0 Å². The fourth-order valence-electron chi connectivity index (χ4n) is 0.356. The smallest absolute Gasteiger partial charge is 0.155 e. The van der Waals surface area contributed by atoms with Crippen LogP contribution in [-0.4, -0.2) is 6.10 Å². The summed E-state index contributed by atoms with van der Waals surface area (Å²) in [5, 5.41) is 2.31. The Bertz CT molecular complexity index is 103. The maximum atomic E-state index is 9.53. The first-order chi connectivity index (χ1) is 4.22. The lowest BCUT2D eigenvalue weighted by Gasteiger charge is -2.10. The number of hydrogen-bond donors (Lipinski definition) is 0. The van der Waals surface area contributed by atoms with Crippen molar-refractivity contribution < 1.29 is 4.84 Å². The maximum Gasteiger partial charge on any atom is 0.155 e. The Labute approximate surface area is 54.6 Å². The van der Waals surface area contributed by atoms with Crippen LogP contribution in [0.2, 0.25) is 0 Å². The average Bonchev–Trinajstić information content (AvgIpc) is 1.87. The van der Waals surface area contributed by atoms with E-state index in [4.69, 9.17) is 0 Å². The molecule has 3 nitrogen and oxygen atoms in total. The lowest BCUT2D eigenvalue weighted by molar-refractivity contribution is 0.0448. The van der Waals surface area contributed by atoms with E-state index >= 15 is 0 Å². The lowest BCUT2D eigenvalue weighted by Crippen LogP contribution is -2.12. The van der Waals surface area contributed by atoms with Crippen molar-refractivity contribution in [3.05, 3.63) is 17.6 Å². The monoisotopic (exact) mass is 129 g/mol. The predicted octanol–water partition coefficient (Wildman–Crippen LogP) is 1.89. The van der Waals surface area contributed by atoms with Crippen molar-refractivity contribution in [2.45, 2.75) is 20.0 Å². The van der Waals surface area contributed by atoms with Gasteiger partial charge in [0.05, 0.1) is 0 Å². The number of hydrogen-bond acceptors (Lipinski definition) is 3. The van der Waals surface area contributed by atoms with Gasteiger partial charge in [0.1, 0.15) is 6.10 Å². The molecule has 9 heavy (non-hydrogen) atoms. The van der Waals surface area contributed by atoms with Crippen molar-refractivity contribution in [1.82, 2.24) is 0 Å². The molecule has 0 saturated heterocycles. The van der Waals surface area contributed by atoms with Crippen LogP contribution in [0.15, 0.2) is 18.0 Å². The van der Waals surface area contributed by atoms with Gasteiger partial charge in [0, 0.05) is 5.92 Å². The normalized spacial score (nSPS) is 15.8. The minimum Gasteiger partial charge on any atom is -0.360 e. The molecule has 52 valence electrons. The highest BCUT2D eigenvalue weighted by Crippen LogP contribution is 2.06. The van der Waals surface area contributed by atoms with E-state index in [2.05, 4.69) is 16.8 Å². The molecular weight excluding hydrogens is 118 g/mol. The van der Waals surface area contributed by atoms with Crippen molar-refractivity contribution in [3.63, 3.8) is 0 Å². The van der Waals surface area contributed by atoms with Crippen molar-refractivity contribution in [1.29, 1.82) is 0 Å². The van der Waals surface area contributed by atoms with Crippen LogP contribution in [0.5, 0.6) is 0 Å². The zero-order chi connectivity index (χ0) is 7.28. The van der Waals surface area contributed by atoms with E-state index in [0.717, 1.165) is 0 Å². The first kappa shape index (κ1) is 8.14. The lowest BCUT2D eigenvalue weighted by atomic mass is 10.1. The Balaban J connectivity index is 3.56. The summed E-state index contributed by atoms with van der Waals surface area (Å²) in [6, 6.07) is 0. The van der Waals surface area contributed by atoms with Crippen molar-refractivity contribution in [3.8, 4) is 0 Å². The molecule has 0 heterocycles. The predicted molar refractivity (Wildman–Crippen MR) is 35.7 cm³/mol. The molecule has 0 aromatic rings. The van der Waals surface area contributed by atoms with E-state index in [1.165, 1.54) is 0 Å². The Morgan fingerprint density at radius 1 is 1.67 bits per heavy atom. The molecule has 0 fully saturated rings. The Hall–Kier alpha value is -0.860. The summed E-state index contributed by atoms with van der Waals surface area (Å²) >= 11 is 0. The van der Waals surface area contributed by atoms with Gasteiger partial charge in [0.2, 0.25) is 0 Å². The molecule has 0 amide bonds. The van der Waals surface area contributed by atoms with Crippen molar-refractivity contribution in [2.24, 2.45) is 11.3 Å². The molecule has 0 aliphatic heterocycles. The molecule has 3 heteroatoms. The zero-order valence-corrected chi connectivity index (χ0v) is 5.70. The maximum absolute atomic E-state index is 9.53. The summed E-state index contributed by atoms with van der Waals surface area (Å²) < 4.78 is 0. The van der Waals surface area contributed by atoms with Gasteiger partial charge in [-0.2, -0.15) is 0 Å². The summed E-state index contributed by atoms with van der Waals surface area (Å²) in [6.07, 6.45) is 1.55. The summed E-state index contributed by atoms with van der Waals surface area (Å²) in [6.45, 7) is 7.22. The highest BCUT2D eigenvalue weighted by Gasteiger charge is 2.08. The van der Waals surface area contributed by atoms with Crippen molar-refractivity contribution in [2.75, 3.05) is 0 Å². The molecule has 0 N–H and O–H groups in total. The molecule has 0 aliphatic carbocycles. The van der Waals surface area contributed by atoms with Crippen LogP contribution in [-0.2, 0) is 4.84 Å². The highest BCUT2D eigenvalue weighted by molar-refractivity contribution is 4.79. The molecule has 0 radical (unpaired) electrons. The summed E-state index contributed by atoms with van der Waals surface area (Å²) in [5.74, 6) is 0.169. The van der Waals surface area contributed by atoms with Gasteiger partial charge >= 0.3 is 0 Å². The largest absolute Gasteiger partial charge is 0.360 e. The standard InChI is InChI=1S/C6H11NO2/c1-4-5(2)6(3)9-7-8/h4-6H,1H2,2-3H3. The second-order valence-corrected chi connectivity index (χ2v) is 1.98. The second-order valence-electron chi connectivity index (χ2n) is 1.98. The van der Waals surface area contributed by atoms with E-state index < -0.39 is 0 Å².